The van der Waals surface area contributed by atoms with Crippen LogP contribution >= 0.6 is 0 Å². The molecule has 3 rings (SSSR count). The Kier molecular flexibility index (Phi) is 5.15. The van der Waals surface area contributed by atoms with Gasteiger partial charge in [-0.1, -0.05) is 6.07 Å². The lowest BCUT2D eigenvalue weighted by Gasteiger charge is -2.11. The van der Waals surface area contributed by atoms with Crippen molar-refractivity contribution in [1.29, 1.82) is 0 Å². The Morgan fingerprint density at radius 3 is 2.78 bits per heavy atom. The summed E-state index contributed by atoms with van der Waals surface area (Å²) in [5.41, 5.74) is 0.527. The molecule has 3 aromatic rings. The zero-order valence-electron chi connectivity index (χ0n) is 14.5. The highest BCUT2D eigenvalue weighted by Gasteiger charge is 2.14. The van der Waals surface area contributed by atoms with E-state index in [0.717, 1.165) is 0 Å². The summed E-state index contributed by atoms with van der Waals surface area (Å²) in [6.07, 6.45) is 1.53. The van der Waals surface area contributed by atoms with Gasteiger partial charge in [-0.15, -0.1) is 0 Å². The van der Waals surface area contributed by atoms with Crippen molar-refractivity contribution in [2.75, 3.05) is 7.11 Å². The van der Waals surface area contributed by atoms with E-state index in [1.807, 2.05) is 0 Å². The van der Waals surface area contributed by atoms with Gasteiger partial charge in [0.05, 0.1) is 20.0 Å². The molecule has 1 N–H and O–H groups in total. The number of hydrogen-bond donors (Lipinski definition) is 1. The second kappa shape index (κ2) is 7.52. The van der Waals surface area contributed by atoms with Crippen molar-refractivity contribution in [2.24, 2.45) is 0 Å². The number of imidazole rings is 1. The Morgan fingerprint density at radius 1 is 1.33 bits per heavy atom. The average Bonchev–Trinajstić information content (AvgIpc) is 2.97. The first kappa shape index (κ1) is 18.5. The number of carbonyl (C=O) groups excluding carboxylic acids is 1. The molecule has 8 nitrogen and oxygen atoms in total. The Bertz CT molecular complexity index is 1050. The van der Waals surface area contributed by atoms with Gasteiger partial charge < -0.3 is 19.0 Å². The van der Waals surface area contributed by atoms with E-state index in [1.165, 1.54) is 37.1 Å². The molecular formula is C17H16F2N4O4. The van der Waals surface area contributed by atoms with E-state index < -0.39 is 12.2 Å². The number of halogens is 2. The van der Waals surface area contributed by atoms with Crippen LogP contribution in [-0.2, 0) is 17.8 Å². The van der Waals surface area contributed by atoms with Crippen molar-refractivity contribution in [3.05, 3.63) is 46.3 Å². The Labute approximate surface area is 151 Å². The summed E-state index contributed by atoms with van der Waals surface area (Å²) in [6, 6.07) is 4.53. The highest BCUT2D eigenvalue weighted by molar-refractivity contribution is 5.78. The minimum absolute atomic E-state index is 0.0430. The second-order valence-corrected chi connectivity index (χ2v) is 5.80. The van der Waals surface area contributed by atoms with E-state index in [0.29, 0.717) is 11.4 Å². The van der Waals surface area contributed by atoms with Crippen molar-refractivity contribution in [1.82, 2.24) is 19.5 Å². The van der Waals surface area contributed by atoms with Crippen molar-refractivity contribution < 1.29 is 23.0 Å². The van der Waals surface area contributed by atoms with Gasteiger partial charge >= 0.3 is 6.61 Å². The fourth-order valence-corrected chi connectivity index (χ4v) is 2.65. The summed E-state index contributed by atoms with van der Waals surface area (Å²) in [5.74, 6) is 0.235. The molecule has 27 heavy (non-hydrogen) atoms. The van der Waals surface area contributed by atoms with Gasteiger partial charge in [-0.3, -0.25) is 9.59 Å². The second-order valence-electron chi connectivity index (χ2n) is 5.80. The number of aromatic amines is 1. The van der Waals surface area contributed by atoms with Crippen LogP contribution in [0.5, 0.6) is 11.5 Å². The zero-order valence-corrected chi connectivity index (χ0v) is 14.5. The molecule has 0 bridgehead atoms. The number of nitrogens with zero attached hydrogens (tertiary/aromatic N) is 3. The van der Waals surface area contributed by atoms with Crippen molar-refractivity contribution in [3.63, 3.8) is 0 Å². The predicted molar refractivity (Wildman–Crippen MR) is 91.3 cm³/mol. The molecule has 2 aromatic heterocycles. The topological polar surface area (TPSA) is 99.1 Å². The Morgan fingerprint density at radius 2 is 2.11 bits per heavy atom. The number of ether oxygens (including phenoxy) is 2. The van der Waals surface area contributed by atoms with Gasteiger partial charge in [0.15, 0.2) is 22.7 Å². The maximum atomic E-state index is 12.6. The number of ketones is 1. The molecule has 0 spiro atoms. The smallest absolute Gasteiger partial charge is 0.387 e. The molecule has 0 aliphatic heterocycles. The first-order chi connectivity index (χ1) is 12.9. The number of nitrogens with one attached hydrogen (secondary N) is 1. The predicted octanol–water partition coefficient (Wildman–Crippen LogP) is 1.91. The number of rotatable bonds is 7. The first-order valence-corrected chi connectivity index (χ1v) is 7.92. The standard InChI is InChI=1S/C17H16F2N4O4/c1-9(24)7-23-8-20-14-15(23)21-13(22-16(14)25)6-10-3-4-11(26-2)12(5-10)27-17(18)19/h3-5,8,17H,6-7H2,1-2H3,(H,21,22,25). The maximum Gasteiger partial charge on any atom is 0.387 e. The number of alkyl halides is 2. The molecule has 2 heterocycles. The number of aromatic nitrogens is 4. The Hall–Kier alpha value is -3.30. The molecule has 0 unspecified atom stereocenters. The molecule has 0 atom stereocenters. The minimum atomic E-state index is -3.00. The lowest BCUT2D eigenvalue weighted by atomic mass is 10.1. The number of H-pyrrole nitrogens is 1. The third-order valence-corrected chi connectivity index (χ3v) is 3.73. The van der Waals surface area contributed by atoms with Crippen molar-refractivity contribution in [2.45, 2.75) is 26.5 Å². The monoisotopic (exact) mass is 378 g/mol. The van der Waals surface area contributed by atoms with Gasteiger partial charge in [0.25, 0.3) is 5.56 Å². The fourth-order valence-electron chi connectivity index (χ4n) is 2.65. The van der Waals surface area contributed by atoms with Crippen molar-refractivity contribution >= 4 is 16.9 Å². The van der Waals surface area contributed by atoms with E-state index in [9.17, 15) is 18.4 Å². The van der Waals surface area contributed by atoms with Gasteiger partial charge in [-0.25, -0.2) is 9.97 Å². The quantitative estimate of drug-likeness (QED) is 0.674. The average molecular weight is 378 g/mol. The summed E-state index contributed by atoms with van der Waals surface area (Å²) in [5, 5.41) is 0. The lowest BCUT2D eigenvalue weighted by Crippen LogP contribution is -2.14. The van der Waals surface area contributed by atoms with E-state index >= 15 is 0 Å². The summed E-state index contributed by atoms with van der Waals surface area (Å²) < 4.78 is 36.1. The molecule has 0 aliphatic rings. The highest BCUT2D eigenvalue weighted by atomic mass is 19.3. The van der Waals surface area contributed by atoms with Gasteiger partial charge in [-0.2, -0.15) is 8.78 Å². The van der Waals surface area contributed by atoms with Gasteiger partial charge in [-0.05, 0) is 24.6 Å². The third-order valence-electron chi connectivity index (χ3n) is 3.73. The molecule has 0 fully saturated rings. The lowest BCUT2D eigenvalue weighted by molar-refractivity contribution is -0.117. The molecular weight excluding hydrogens is 362 g/mol. The van der Waals surface area contributed by atoms with E-state index in [2.05, 4.69) is 19.7 Å². The van der Waals surface area contributed by atoms with Crippen LogP contribution in [0.25, 0.3) is 11.2 Å². The normalized spacial score (nSPS) is 11.1. The van der Waals surface area contributed by atoms with Crippen LogP contribution in [0.15, 0.2) is 29.3 Å². The largest absolute Gasteiger partial charge is 0.493 e. The van der Waals surface area contributed by atoms with Crippen LogP contribution < -0.4 is 15.0 Å². The highest BCUT2D eigenvalue weighted by Crippen LogP contribution is 2.30. The molecule has 0 amide bonds. The third kappa shape index (κ3) is 4.10. The van der Waals surface area contributed by atoms with Crippen LogP contribution in [0.3, 0.4) is 0 Å². The fraction of sp³-hybridized carbons (Fsp3) is 0.294. The number of Topliss-reactive ketones (excluding diaryl/α,β-unsaturated/α-hetero) is 1. The van der Waals surface area contributed by atoms with Crippen LogP contribution in [0.1, 0.15) is 18.3 Å². The molecule has 0 radical (unpaired) electrons. The molecule has 0 aliphatic carbocycles. The first-order valence-electron chi connectivity index (χ1n) is 7.92. The van der Waals surface area contributed by atoms with Gasteiger partial charge in [0.2, 0.25) is 0 Å². The number of benzene rings is 1. The maximum absolute atomic E-state index is 12.6. The number of methoxy groups -OCH3 is 1. The molecule has 0 saturated carbocycles. The number of hydrogen-bond acceptors (Lipinski definition) is 6. The molecule has 1 aromatic carbocycles. The number of carbonyl (C=O) groups is 1. The number of fused-ring (bicyclic) bond motifs is 1. The minimum Gasteiger partial charge on any atom is -0.493 e. The summed E-state index contributed by atoms with van der Waals surface area (Å²) in [4.78, 5) is 34.5. The summed E-state index contributed by atoms with van der Waals surface area (Å²) in [6.45, 7) is -1.53. The molecule has 10 heteroatoms. The zero-order chi connectivity index (χ0) is 19.6. The van der Waals surface area contributed by atoms with E-state index in [4.69, 9.17) is 4.74 Å². The molecule has 0 saturated heterocycles. The molecule has 142 valence electrons. The SMILES string of the molecule is COc1ccc(Cc2nc3c(ncn3CC(C)=O)c(=O)[nH]2)cc1OC(F)F. The van der Waals surface area contributed by atoms with E-state index in [1.54, 1.807) is 6.07 Å². The van der Waals surface area contributed by atoms with Crippen LogP contribution in [0.4, 0.5) is 8.78 Å². The van der Waals surface area contributed by atoms with Crippen molar-refractivity contribution in [3.8, 4) is 11.5 Å². The van der Waals surface area contributed by atoms with Gasteiger partial charge in [0, 0.05) is 6.42 Å². The van der Waals surface area contributed by atoms with Crippen LogP contribution in [0, 0.1) is 0 Å². The summed E-state index contributed by atoms with van der Waals surface area (Å²) in [7, 11) is 1.34. The van der Waals surface area contributed by atoms with Crippen LogP contribution in [-0.4, -0.2) is 39.0 Å². The summed E-state index contributed by atoms with van der Waals surface area (Å²) >= 11 is 0. The van der Waals surface area contributed by atoms with E-state index in [-0.39, 0.29) is 41.4 Å². The van der Waals surface area contributed by atoms with Crippen LogP contribution in [0.2, 0.25) is 0 Å². The Balaban J connectivity index is 1.96. The van der Waals surface area contributed by atoms with Gasteiger partial charge in [0.1, 0.15) is 11.6 Å².